The SMILES string of the molecule is c1ccc(-c2nc(-c3ccccc3)nc(-n3c4ccc(-c5ccc6ccccc6c5)cc4c4c5cc6c7ccc(N(c8ccccc8)c8ccccc8)cc7c7ccccc7c6cc5ccc43)n2)cc1. The molecule has 0 atom stereocenters. The number of aromatic nitrogens is 4. The van der Waals surface area contributed by atoms with E-state index in [-0.39, 0.29) is 0 Å². The first-order chi connectivity index (χ1) is 34.7. The van der Waals surface area contributed by atoms with Crippen LogP contribution in [0.25, 0.3) is 116 Å². The summed E-state index contributed by atoms with van der Waals surface area (Å²) in [4.78, 5) is 18.0. The molecule has 0 N–H and O–H groups in total. The van der Waals surface area contributed by atoms with Crippen LogP contribution in [0.3, 0.4) is 0 Å². The fourth-order valence-corrected chi connectivity index (χ4v) is 10.7. The van der Waals surface area contributed by atoms with Gasteiger partial charge in [-0.2, -0.15) is 9.97 Å². The highest BCUT2D eigenvalue weighted by Gasteiger charge is 2.22. The molecule has 2 aromatic heterocycles. The van der Waals surface area contributed by atoms with E-state index >= 15 is 0 Å². The maximum absolute atomic E-state index is 5.29. The van der Waals surface area contributed by atoms with Crippen LogP contribution in [-0.2, 0) is 0 Å². The highest BCUT2D eigenvalue weighted by molar-refractivity contribution is 6.31. The lowest BCUT2D eigenvalue weighted by atomic mass is 9.91. The summed E-state index contributed by atoms with van der Waals surface area (Å²) in [6, 6.07) is 89.1. The molecule has 0 aliphatic heterocycles. The first-order valence-corrected chi connectivity index (χ1v) is 23.8. The van der Waals surface area contributed by atoms with E-state index in [1.807, 2.05) is 36.4 Å². The number of para-hydroxylation sites is 2. The van der Waals surface area contributed by atoms with Gasteiger partial charge in [-0.25, -0.2) is 4.98 Å². The summed E-state index contributed by atoms with van der Waals surface area (Å²) in [6.45, 7) is 0. The first-order valence-electron chi connectivity index (χ1n) is 23.8. The van der Waals surface area contributed by atoms with Crippen molar-refractivity contribution in [3.05, 3.63) is 249 Å². The zero-order chi connectivity index (χ0) is 46.1. The zero-order valence-corrected chi connectivity index (χ0v) is 37.9. The van der Waals surface area contributed by atoms with Gasteiger partial charge in [-0.05, 0) is 138 Å². The fourth-order valence-electron chi connectivity index (χ4n) is 10.7. The second-order valence-electron chi connectivity index (χ2n) is 18.0. The van der Waals surface area contributed by atoms with Gasteiger partial charge in [0.2, 0.25) is 5.95 Å². The van der Waals surface area contributed by atoms with Gasteiger partial charge in [0, 0.05) is 39.0 Å². The van der Waals surface area contributed by atoms with E-state index in [0.717, 1.165) is 55.6 Å². The molecule has 0 bridgehead atoms. The Morgan fingerprint density at radius 3 is 1.46 bits per heavy atom. The maximum atomic E-state index is 5.29. The Kier molecular flexibility index (Phi) is 9.14. The molecule has 12 aromatic carbocycles. The molecule has 0 saturated carbocycles. The van der Waals surface area contributed by atoms with Gasteiger partial charge >= 0.3 is 0 Å². The topological polar surface area (TPSA) is 46.8 Å². The maximum Gasteiger partial charge on any atom is 0.238 e. The molecular weight excluding hydrogens is 851 g/mol. The van der Waals surface area contributed by atoms with Crippen LogP contribution in [0.2, 0.25) is 0 Å². The van der Waals surface area contributed by atoms with Gasteiger partial charge in [0.05, 0.1) is 11.0 Å². The van der Waals surface area contributed by atoms with Crippen molar-refractivity contribution in [2.75, 3.05) is 4.90 Å². The minimum atomic E-state index is 0.566. The minimum absolute atomic E-state index is 0.566. The molecule has 0 fully saturated rings. The number of rotatable bonds is 7. The third kappa shape index (κ3) is 6.51. The summed E-state index contributed by atoms with van der Waals surface area (Å²) in [6.07, 6.45) is 0. The monoisotopic (exact) mass is 891 g/mol. The average molecular weight is 892 g/mol. The van der Waals surface area contributed by atoms with Crippen LogP contribution in [0.1, 0.15) is 0 Å². The van der Waals surface area contributed by atoms with Crippen LogP contribution < -0.4 is 4.90 Å². The number of hydrogen-bond acceptors (Lipinski definition) is 4. The molecule has 5 heteroatoms. The summed E-state index contributed by atoms with van der Waals surface area (Å²) in [5.74, 6) is 1.81. The fraction of sp³-hybridized carbons (Fsp3) is 0. The Hall–Kier alpha value is -9.45. The summed E-state index contributed by atoms with van der Waals surface area (Å²) in [5.41, 5.74) is 9.53. The number of benzene rings is 12. The molecule has 0 aliphatic carbocycles. The Labute approximate surface area is 403 Å². The second-order valence-corrected chi connectivity index (χ2v) is 18.0. The lowest BCUT2D eigenvalue weighted by Crippen LogP contribution is -2.09. The summed E-state index contributed by atoms with van der Waals surface area (Å²) in [5, 5.41) is 14.3. The van der Waals surface area contributed by atoms with E-state index in [0.29, 0.717) is 17.6 Å². The number of fused-ring (bicyclic) bond motifs is 12. The molecule has 5 nitrogen and oxygen atoms in total. The molecule has 0 unspecified atom stereocenters. The van der Waals surface area contributed by atoms with E-state index in [1.54, 1.807) is 0 Å². The molecule has 70 heavy (non-hydrogen) atoms. The van der Waals surface area contributed by atoms with Gasteiger partial charge in [0.15, 0.2) is 11.6 Å². The van der Waals surface area contributed by atoms with E-state index < -0.39 is 0 Å². The van der Waals surface area contributed by atoms with Gasteiger partial charge in [0.1, 0.15) is 0 Å². The van der Waals surface area contributed by atoms with Gasteiger partial charge in [-0.15, -0.1) is 0 Å². The van der Waals surface area contributed by atoms with Crippen molar-refractivity contribution in [1.82, 2.24) is 19.5 Å². The van der Waals surface area contributed by atoms with Crippen molar-refractivity contribution in [3.8, 4) is 39.9 Å². The normalized spacial score (nSPS) is 11.7. The highest BCUT2D eigenvalue weighted by atomic mass is 15.2. The molecule has 0 saturated heterocycles. The Morgan fingerprint density at radius 2 is 0.786 bits per heavy atom. The first kappa shape index (κ1) is 39.7. The van der Waals surface area contributed by atoms with Crippen LogP contribution in [0, 0.1) is 0 Å². The molecule has 0 spiro atoms. The lowest BCUT2D eigenvalue weighted by Gasteiger charge is -2.26. The van der Waals surface area contributed by atoms with Crippen LogP contribution >= 0.6 is 0 Å². The quantitative estimate of drug-likeness (QED) is 0.118. The molecule has 0 radical (unpaired) electrons. The van der Waals surface area contributed by atoms with Gasteiger partial charge < -0.3 is 4.90 Å². The lowest BCUT2D eigenvalue weighted by molar-refractivity contribution is 0.953. The van der Waals surface area contributed by atoms with E-state index in [1.165, 1.54) is 59.4 Å². The van der Waals surface area contributed by atoms with Crippen LogP contribution in [-0.4, -0.2) is 19.5 Å². The van der Waals surface area contributed by atoms with Crippen molar-refractivity contribution >= 4 is 92.7 Å². The van der Waals surface area contributed by atoms with Crippen molar-refractivity contribution in [2.45, 2.75) is 0 Å². The Bertz CT molecular complexity index is 4240. The number of nitrogens with zero attached hydrogens (tertiary/aromatic N) is 5. The van der Waals surface area contributed by atoms with E-state index in [4.69, 9.17) is 15.0 Å². The third-order valence-corrected chi connectivity index (χ3v) is 13.9. The van der Waals surface area contributed by atoms with Crippen molar-refractivity contribution in [1.29, 1.82) is 0 Å². The molecular formula is C65H41N5. The molecule has 14 aromatic rings. The summed E-state index contributed by atoms with van der Waals surface area (Å²) >= 11 is 0. The van der Waals surface area contributed by atoms with Crippen LogP contribution in [0.5, 0.6) is 0 Å². The van der Waals surface area contributed by atoms with Crippen molar-refractivity contribution in [2.24, 2.45) is 0 Å². The smallest absolute Gasteiger partial charge is 0.238 e. The standard InChI is InChI=1S/C65H41N5/c1-5-18-43(19-6-1)63-66-64(44-20-7-2-8-21-44)68-65(67-63)70-60-35-31-47(46-30-29-42-17-13-14-22-45(42)37-46)38-59(60)62-55-41-58-54-34-33-51(69(49-23-9-3-10-24-49)50-25-11-4-12-26-50)40-57(54)53-28-16-15-27-52(53)56(58)39-48(55)32-36-61(62)70/h1-41H. The molecule has 14 rings (SSSR count). The van der Waals surface area contributed by atoms with E-state index in [2.05, 4.69) is 222 Å². The molecule has 0 amide bonds. The van der Waals surface area contributed by atoms with Gasteiger partial charge in [-0.3, -0.25) is 4.57 Å². The zero-order valence-electron chi connectivity index (χ0n) is 37.9. The predicted molar refractivity (Wildman–Crippen MR) is 293 cm³/mol. The number of anilines is 3. The Balaban J connectivity index is 1.06. The minimum Gasteiger partial charge on any atom is -0.310 e. The summed E-state index contributed by atoms with van der Waals surface area (Å²) in [7, 11) is 0. The second kappa shape index (κ2) is 16.1. The van der Waals surface area contributed by atoms with Gasteiger partial charge in [-0.1, -0.05) is 176 Å². The highest BCUT2D eigenvalue weighted by Crippen LogP contribution is 2.45. The third-order valence-electron chi connectivity index (χ3n) is 13.9. The average Bonchev–Trinajstić information content (AvgIpc) is 3.78. The van der Waals surface area contributed by atoms with Gasteiger partial charge in [0.25, 0.3) is 0 Å². The molecule has 326 valence electrons. The molecule has 0 aliphatic rings. The predicted octanol–water partition coefficient (Wildman–Crippen LogP) is 17.2. The number of hydrogen-bond donors (Lipinski definition) is 0. The van der Waals surface area contributed by atoms with E-state index in [9.17, 15) is 0 Å². The largest absolute Gasteiger partial charge is 0.310 e. The Morgan fingerprint density at radius 1 is 0.271 bits per heavy atom. The van der Waals surface area contributed by atoms with Crippen molar-refractivity contribution in [3.63, 3.8) is 0 Å². The molecule has 2 heterocycles. The van der Waals surface area contributed by atoms with Crippen LogP contribution in [0.15, 0.2) is 249 Å². The van der Waals surface area contributed by atoms with Crippen LogP contribution in [0.4, 0.5) is 17.1 Å². The summed E-state index contributed by atoms with van der Waals surface area (Å²) < 4.78 is 2.24. The van der Waals surface area contributed by atoms with Crippen molar-refractivity contribution < 1.29 is 0 Å².